The number of benzene rings is 1. The molecule has 0 aromatic heterocycles. The average Bonchev–Trinajstić information content (AvgIpc) is 2.38. The molecule has 1 aromatic rings. The Bertz CT molecular complexity index is 443. The maximum Gasteiger partial charge on any atom is 0.243 e. The summed E-state index contributed by atoms with van der Waals surface area (Å²) in [6.07, 6.45) is 0. The number of para-hydroxylation sites is 1. The number of carbonyl (C=O) groups is 2. The van der Waals surface area contributed by atoms with E-state index in [2.05, 4.69) is 10.6 Å². The maximum absolute atomic E-state index is 12.1. The minimum Gasteiger partial charge on any atom is -0.335 e. The van der Waals surface area contributed by atoms with E-state index in [9.17, 15) is 9.59 Å². The van der Waals surface area contributed by atoms with E-state index in [1.807, 2.05) is 18.2 Å². The fraction of sp³-hybridized carbons (Fsp3) is 0.429. The Hall–Kier alpha value is -1.88. The molecule has 104 valence electrons. The van der Waals surface area contributed by atoms with Gasteiger partial charge in [-0.25, -0.2) is 0 Å². The summed E-state index contributed by atoms with van der Waals surface area (Å²) in [4.78, 5) is 25.3. The van der Waals surface area contributed by atoms with Gasteiger partial charge in [-0.2, -0.15) is 0 Å². The average molecular weight is 263 g/mol. The molecule has 0 aliphatic rings. The van der Waals surface area contributed by atoms with Crippen molar-refractivity contribution in [3.05, 3.63) is 30.3 Å². The number of nitrogens with one attached hydrogen (secondary N) is 2. The Morgan fingerprint density at radius 3 is 2.32 bits per heavy atom. The number of rotatable bonds is 5. The highest BCUT2D eigenvalue weighted by Gasteiger charge is 2.29. The van der Waals surface area contributed by atoms with Gasteiger partial charge in [0.1, 0.15) is 0 Å². The molecule has 0 radical (unpaired) electrons. The molecule has 1 aromatic carbocycles. The van der Waals surface area contributed by atoms with Crippen molar-refractivity contribution in [2.24, 2.45) is 0 Å². The monoisotopic (exact) mass is 263 g/mol. The van der Waals surface area contributed by atoms with Gasteiger partial charge in [-0.15, -0.1) is 0 Å². The number of likely N-dealkylation sites (N-methyl/N-ethyl adjacent to an activating group) is 2. The van der Waals surface area contributed by atoms with Crippen molar-refractivity contribution in [1.82, 2.24) is 10.2 Å². The first-order chi connectivity index (χ1) is 8.86. The zero-order chi connectivity index (χ0) is 14.5. The highest BCUT2D eigenvalue weighted by atomic mass is 16.2. The van der Waals surface area contributed by atoms with Gasteiger partial charge in [-0.05, 0) is 33.0 Å². The lowest BCUT2D eigenvalue weighted by molar-refractivity contribution is -0.138. The lowest BCUT2D eigenvalue weighted by Crippen LogP contribution is -2.53. The smallest absolute Gasteiger partial charge is 0.243 e. The molecule has 0 spiro atoms. The van der Waals surface area contributed by atoms with E-state index in [0.717, 1.165) is 5.69 Å². The molecule has 0 heterocycles. The van der Waals surface area contributed by atoms with Crippen LogP contribution >= 0.6 is 0 Å². The molecule has 0 atom stereocenters. The molecule has 0 unspecified atom stereocenters. The molecular weight excluding hydrogens is 242 g/mol. The van der Waals surface area contributed by atoms with Crippen LogP contribution in [0.1, 0.15) is 13.8 Å². The summed E-state index contributed by atoms with van der Waals surface area (Å²) < 4.78 is 0. The predicted octanol–water partition coefficient (Wildman–Crippen LogP) is 1.08. The van der Waals surface area contributed by atoms with Crippen LogP contribution in [0.4, 0.5) is 5.69 Å². The van der Waals surface area contributed by atoms with Gasteiger partial charge >= 0.3 is 0 Å². The minimum atomic E-state index is -0.679. The number of amides is 2. The van der Waals surface area contributed by atoms with E-state index in [1.54, 1.807) is 40.1 Å². The third kappa shape index (κ3) is 4.37. The summed E-state index contributed by atoms with van der Waals surface area (Å²) in [6.45, 7) is 3.58. The highest BCUT2D eigenvalue weighted by molar-refractivity contribution is 5.95. The third-order valence-electron chi connectivity index (χ3n) is 2.94. The maximum atomic E-state index is 12.1. The third-order valence-corrected chi connectivity index (χ3v) is 2.94. The van der Waals surface area contributed by atoms with Gasteiger partial charge < -0.3 is 15.5 Å². The van der Waals surface area contributed by atoms with Crippen LogP contribution in [0.3, 0.4) is 0 Å². The molecule has 2 amide bonds. The molecule has 0 bridgehead atoms. The first-order valence-corrected chi connectivity index (χ1v) is 6.16. The minimum absolute atomic E-state index is 0.0266. The van der Waals surface area contributed by atoms with Gasteiger partial charge in [0.15, 0.2) is 0 Å². The first-order valence-electron chi connectivity index (χ1n) is 6.16. The highest BCUT2D eigenvalue weighted by Crippen LogP contribution is 2.07. The Morgan fingerprint density at radius 1 is 1.21 bits per heavy atom. The normalized spacial score (nSPS) is 10.9. The molecule has 0 fully saturated rings. The molecular formula is C14H21N3O2. The molecule has 0 saturated heterocycles. The van der Waals surface area contributed by atoms with Crippen LogP contribution in [0.2, 0.25) is 0 Å². The summed E-state index contributed by atoms with van der Waals surface area (Å²) in [5, 5.41) is 5.67. The van der Waals surface area contributed by atoms with Crippen molar-refractivity contribution in [3.8, 4) is 0 Å². The lowest BCUT2D eigenvalue weighted by Gasteiger charge is -2.28. The van der Waals surface area contributed by atoms with Crippen molar-refractivity contribution in [2.45, 2.75) is 19.4 Å². The van der Waals surface area contributed by atoms with Gasteiger partial charge in [0.25, 0.3) is 0 Å². The molecule has 1 rings (SSSR count). The Morgan fingerprint density at radius 2 is 1.79 bits per heavy atom. The topological polar surface area (TPSA) is 61.4 Å². The predicted molar refractivity (Wildman–Crippen MR) is 75.8 cm³/mol. The SMILES string of the molecule is CNC(C)(C)C(=O)N(C)CC(=O)Nc1ccccc1. The standard InChI is InChI=1S/C14H21N3O2/c1-14(2,15-3)13(19)17(4)10-12(18)16-11-8-6-5-7-9-11/h5-9,15H,10H2,1-4H3,(H,16,18). The molecule has 5 nitrogen and oxygen atoms in total. The van der Waals surface area contributed by atoms with E-state index in [-0.39, 0.29) is 18.4 Å². The second-order valence-corrected chi connectivity index (χ2v) is 4.95. The van der Waals surface area contributed by atoms with Gasteiger partial charge in [0.05, 0.1) is 12.1 Å². The van der Waals surface area contributed by atoms with E-state index in [0.29, 0.717) is 0 Å². The number of nitrogens with zero attached hydrogens (tertiary/aromatic N) is 1. The number of hydrogen-bond acceptors (Lipinski definition) is 3. The molecule has 5 heteroatoms. The largest absolute Gasteiger partial charge is 0.335 e. The Labute approximate surface area is 114 Å². The van der Waals surface area contributed by atoms with Gasteiger partial charge in [-0.1, -0.05) is 18.2 Å². The van der Waals surface area contributed by atoms with Crippen LogP contribution < -0.4 is 10.6 Å². The van der Waals surface area contributed by atoms with Gasteiger partial charge in [0.2, 0.25) is 11.8 Å². The fourth-order valence-electron chi connectivity index (χ4n) is 1.59. The van der Waals surface area contributed by atoms with Crippen molar-refractivity contribution in [2.75, 3.05) is 26.0 Å². The van der Waals surface area contributed by atoms with Crippen LogP contribution in [-0.2, 0) is 9.59 Å². The van der Waals surface area contributed by atoms with Crippen LogP contribution in [0.5, 0.6) is 0 Å². The van der Waals surface area contributed by atoms with E-state index in [4.69, 9.17) is 0 Å². The second kappa shape index (κ2) is 6.33. The molecule has 0 aliphatic carbocycles. The summed E-state index contributed by atoms with van der Waals surface area (Å²) >= 11 is 0. The van der Waals surface area contributed by atoms with Crippen LogP contribution in [-0.4, -0.2) is 42.9 Å². The molecule has 0 saturated carbocycles. The van der Waals surface area contributed by atoms with Gasteiger partial charge in [0, 0.05) is 12.7 Å². The van der Waals surface area contributed by atoms with Crippen LogP contribution in [0.15, 0.2) is 30.3 Å². The van der Waals surface area contributed by atoms with E-state index in [1.165, 1.54) is 4.90 Å². The van der Waals surface area contributed by atoms with E-state index >= 15 is 0 Å². The van der Waals surface area contributed by atoms with Crippen molar-refractivity contribution in [1.29, 1.82) is 0 Å². The van der Waals surface area contributed by atoms with Gasteiger partial charge in [-0.3, -0.25) is 9.59 Å². The summed E-state index contributed by atoms with van der Waals surface area (Å²) in [5.41, 5.74) is 0.0446. The number of anilines is 1. The van der Waals surface area contributed by atoms with Crippen molar-refractivity contribution < 1.29 is 9.59 Å². The molecule has 0 aliphatic heterocycles. The Kier molecular flexibility index (Phi) is 5.06. The van der Waals surface area contributed by atoms with Crippen molar-refractivity contribution >= 4 is 17.5 Å². The summed E-state index contributed by atoms with van der Waals surface area (Å²) in [5.74, 6) is -0.341. The Balaban J connectivity index is 2.55. The van der Waals surface area contributed by atoms with Crippen LogP contribution in [0, 0.1) is 0 Å². The zero-order valence-corrected chi connectivity index (χ0v) is 11.9. The summed E-state index contributed by atoms with van der Waals surface area (Å²) in [6, 6.07) is 9.17. The molecule has 19 heavy (non-hydrogen) atoms. The lowest BCUT2D eigenvalue weighted by atomic mass is 10.0. The quantitative estimate of drug-likeness (QED) is 0.835. The van der Waals surface area contributed by atoms with Crippen LogP contribution in [0.25, 0.3) is 0 Å². The first kappa shape index (κ1) is 15.2. The van der Waals surface area contributed by atoms with Crippen molar-refractivity contribution in [3.63, 3.8) is 0 Å². The fourth-order valence-corrected chi connectivity index (χ4v) is 1.59. The summed E-state index contributed by atoms with van der Waals surface area (Å²) in [7, 11) is 3.34. The zero-order valence-electron chi connectivity index (χ0n) is 11.9. The molecule has 2 N–H and O–H groups in total. The van der Waals surface area contributed by atoms with E-state index < -0.39 is 5.54 Å². The number of hydrogen-bond donors (Lipinski definition) is 2. The second-order valence-electron chi connectivity index (χ2n) is 4.95. The number of carbonyl (C=O) groups excluding carboxylic acids is 2.